The number of carbonyl (C=O) groups is 1. The van der Waals surface area contributed by atoms with E-state index in [9.17, 15) is 4.79 Å². The monoisotopic (exact) mass is 341 g/mol. The number of rotatable bonds is 4. The van der Waals surface area contributed by atoms with Crippen LogP contribution in [0.5, 0.6) is 0 Å². The molecule has 5 nitrogen and oxygen atoms in total. The van der Waals surface area contributed by atoms with Crippen molar-refractivity contribution in [1.29, 1.82) is 0 Å². The van der Waals surface area contributed by atoms with E-state index in [1.807, 2.05) is 16.7 Å². The summed E-state index contributed by atoms with van der Waals surface area (Å²) in [6, 6.07) is 0. The van der Waals surface area contributed by atoms with Gasteiger partial charge in [0.25, 0.3) is 0 Å². The summed E-state index contributed by atoms with van der Waals surface area (Å²) in [6.45, 7) is 5.83. The first-order valence-electron chi connectivity index (χ1n) is 8.94. The van der Waals surface area contributed by atoms with Gasteiger partial charge in [0.2, 0.25) is 5.91 Å². The number of ether oxygens (including phenoxy) is 3. The molecule has 4 fully saturated rings. The standard InChI is InChI=1S/C17H27NO4S/c19-16(14-3-6-21-9-14)18-11-17(12-18)7-15(10-23-17)22-8-13-1-4-20-5-2-13/h13-15H,1-12H2/t14-,15+/m0/s1. The lowest BCUT2D eigenvalue weighted by atomic mass is 9.91. The molecule has 23 heavy (non-hydrogen) atoms. The molecule has 4 aliphatic rings. The molecule has 4 heterocycles. The van der Waals surface area contributed by atoms with Crippen LogP contribution in [0.4, 0.5) is 0 Å². The highest BCUT2D eigenvalue weighted by molar-refractivity contribution is 8.01. The number of amides is 1. The highest BCUT2D eigenvalue weighted by Gasteiger charge is 2.51. The molecular weight excluding hydrogens is 314 g/mol. The van der Waals surface area contributed by atoms with Crippen molar-refractivity contribution in [1.82, 2.24) is 4.90 Å². The zero-order chi connectivity index (χ0) is 15.7. The molecule has 4 rings (SSSR count). The van der Waals surface area contributed by atoms with Gasteiger partial charge in [0.15, 0.2) is 0 Å². The number of carbonyl (C=O) groups excluding carboxylic acids is 1. The summed E-state index contributed by atoms with van der Waals surface area (Å²) in [5.41, 5.74) is 0. The van der Waals surface area contributed by atoms with Gasteiger partial charge < -0.3 is 19.1 Å². The van der Waals surface area contributed by atoms with Crippen LogP contribution in [0.1, 0.15) is 25.7 Å². The minimum atomic E-state index is 0.110. The summed E-state index contributed by atoms with van der Waals surface area (Å²) < 4.78 is 17.2. The van der Waals surface area contributed by atoms with Crippen molar-refractivity contribution >= 4 is 17.7 Å². The van der Waals surface area contributed by atoms with Crippen LogP contribution >= 0.6 is 11.8 Å². The van der Waals surface area contributed by atoms with Crippen LogP contribution in [0.25, 0.3) is 0 Å². The Morgan fingerprint density at radius 2 is 1.96 bits per heavy atom. The molecular formula is C17H27NO4S. The van der Waals surface area contributed by atoms with E-state index in [1.54, 1.807) is 0 Å². The second kappa shape index (κ2) is 6.90. The molecule has 0 radical (unpaired) electrons. The normalized spacial score (nSPS) is 34.0. The van der Waals surface area contributed by atoms with E-state index in [0.717, 1.165) is 71.0 Å². The fourth-order valence-corrected chi connectivity index (χ4v) is 5.66. The van der Waals surface area contributed by atoms with Crippen molar-refractivity contribution in [2.75, 3.05) is 51.9 Å². The van der Waals surface area contributed by atoms with Gasteiger partial charge in [0.1, 0.15) is 0 Å². The van der Waals surface area contributed by atoms with Crippen LogP contribution in [0.2, 0.25) is 0 Å². The largest absolute Gasteiger partial charge is 0.381 e. The van der Waals surface area contributed by atoms with Crippen LogP contribution in [0, 0.1) is 11.8 Å². The average Bonchev–Trinajstić information content (AvgIpc) is 3.22. The maximum Gasteiger partial charge on any atom is 0.228 e. The van der Waals surface area contributed by atoms with E-state index in [1.165, 1.54) is 0 Å². The molecule has 130 valence electrons. The summed E-state index contributed by atoms with van der Waals surface area (Å²) in [4.78, 5) is 14.4. The number of hydrogen-bond donors (Lipinski definition) is 0. The fourth-order valence-electron chi connectivity index (χ4n) is 4.11. The SMILES string of the molecule is O=C([C@H]1CCOC1)N1CC2(C[C@@H](OCC3CCOCC3)CS2)C1. The van der Waals surface area contributed by atoms with E-state index in [4.69, 9.17) is 14.2 Å². The highest BCUT2D eigenvalue weighted by atomic mass is 32.2. The van der Waals surface area contributed by atoms with Gasteiger partial charge in [-0.3, -0.25) is 4.79 Å². The van der Waals surface area contributed by atoms with Crippen LogP contribution in [-0.4, -0.2) is 73.5 Å². The molecule has 0 bridgehead atoms. The zero-order valence-electron chi connectivity index (χ0n) is 13.7. The number of hydrogen-bond acceptors (Lipinski definition) is 5. The van der Waals surface area contributed by atoms with Gasteiger partial charge in [-0.05, 0) is 31.6 Å². The molecule has 1 amide bonds. The number of nitrogens with zero attached hydrogens (tertiary/aromatic N) is 1. The molecule has 6 heteroatoms. The predicted octanol–water partition coefficient (Wildman–Crippen LogP) is 1.55. The van der Waals surface area contributed by atoms with Crippen molar-refractivity contribution in [3.63, 3.8) is 0 Å². The maximum atomic E-state index is 12.4. The van der Waals surface area contributed by atoms with Crippen LogP contribution in [0.3, 0.4) is 0 Å². The van der Waals surface area contributed by atoms with Crippen molar-refractivity contribution in [2.45, 2.75) is 36.5 Å². The minimum Gasteiger partial charge on any atom is -0.381 e. The molecule has 1 spiro atoms. The van der Waals surface area contributed by atoms with E-state index in [2.05, 4.69) is 0 Å². The summed E-state index contributed by atoms with van der Waals surface area (Å²) >= 11 is 2.02. The Bertz CT molecular complexity index is 428. The van der Waals surface area contributed by atoms with Gasteiger partial charge >= 0.3 is 0 Å². The summed E-state index contributed by atoms with van der Waals surface area (Å²) in [5, 5.41) is 0. The quantitative estimate of drug-likeness (QED) is 0.776. The summed E-state index contributed by atoms with van der Waals surface area (Å²) in [7, 11) is 0. The third-order valence-electron chi connectivity index (χ3n) is 5.63. The second-order valence-electron chi connectivity index (χ2n) is 7.46. The molecule has 2 atom stereocenters. The van der Waals surface area contributed by atoms with Gasteiger partial charge in [-0.15, -0.1) is 11.8 Å². The molecule has 0 aliphatic carbocycles. The molecule has 0 aromatic carbocycles. The Labute approximate surface area is 142 Å². The Morgan fingerprint density at radius 3 is 2.70 bits per heavy atom. The maximum absolute atomic E-state index is 12.4. The Hall–Kier alpha value is -0.300. The van der Waals surface area contributed by atoms with E-state index in [-0.39, 0.29) is 10.7 Å². The number of thioether (sulfide) groups is 1. The van der Waals surface area contributed by atoms with Crippen LogP contribution in [-0.2, 0) is 19.0 Å². The van der Waals surface area contributed by atoms with Gasteiger partial charge in [0.05, 0.1) is 23.4 Å². The third kappa shape index (κ3) is 3.55. The molecule has 0 saturated carbocycles. The fraction of sp³-hybridized carbons (Fsp3) is 0.941. The lowest BCUT2D eigenvalue weighted by Gasteiger charge is -2.48. The van der Waals surface area contributed by atoms with Crippen molar-refractivity contribution in [3.05, 3.63) is 0 Å². The predicted molar refractivity (Wildman–Crippen MR) is 88.6 cm³/mol. The summed E-state index contributed by atoms with van der Waals surface area (Å²) in [5.74, 6) is 2.17. The van der Waals surface area contributed by atoms with Crippen LogP contribution < -0.4 is 0 Å². The molecule has 4 saturated heterocycles. The summed E-state index contributed by atoms with van der Waals surface area (Å²) in [6.07, 6.45) is 4.64. The number of likely N-dealkylation sites (tertiary alicyclic amines) is 1. The Balaban J connectivity index is 1.19. The van der Waals surface area contributed by atoms with Crippen molar-refractivity contribution in [2.24, 2.45) is 11.8 Å². The minimum absolute atomic E-state index is 0.110. The first kappa shape index (κ1) is 16.2. The molecule has 0 N–H and O–H groups in total. The van der Waals surface area contributed by atoms with E-state index < -0.39 is 0 Å². The molecule has 0 unspecified atom stereocenters. The van der Waals surface area contributed by atoms with Gasteiger partial charge in [-0.25, -0.2) is 0 Å². The first-order chi connectivity index (χ1) is 11.2. The van der Waals surface area contributed by atoms with Crippen molar-refractivity contribution < 1.29 is 19.0 Å². The van der Waals surface area contributed by atoms with Gasteiger partial charge in [-0.1, -0.05) is 0 Å². The average molecular weight is 341 g/mol. The van der Waals surface area contributed by atoms with Crippen molar-refractivity contribution in [3.8, 4) is 0 Å². The smallest absolute Gasteiger partial charge is 0.228 e. The van der Waals surface area contributed by atoms with E-state index in [0.29, 0.717) is 24.5 Å². The Kier molecular flexibility index (Phi) is 4.86. The lowest BCUT2D eigenvalue weighted by molar-refractivity contribution is -0.141. The second-order valence-corrected chi connectivity index (χ2v) is 8.95. The van der Waals surface area contributed by atoms with Gasteiger partial charge in [-0.2, -0.15) is 0 Å². The highest BCUT2D eigenvalue weighted by Crippen LogP contribution is 2.46. The third-order valence-corrected chi connectivity index (χ3v) is 7.21. The molecule has 0 aromatic rings. The lowest BCUT2D eigenvalue weighted by Crippen LogP contribution is -2.62. The van der Waals surface area contributed by atoms with E-state index >= 15 is 0 Å². The first-order valence-corrected chi connectivity index (χ1v) is 9.92. The van der Waals surface area contributed by atoms with Crippen LogP contribution in [0.15, 0.2) is 0 Å². The van der Waals surface area contributed by atoms with Gasteiger partial charge in [0, 0.05) is 45.3 Å². The molecule has 4 aliphatic heterocycles. The zero-order valence-corrected chi connectivity index (χ0v) is 14.5. The topological polar surface area (TPSA) is 48.0 Å². The molecule has 0 aromatic heterocycles. The Morgan fingerprint density at radius 1 is 1.17 bits per heavy atom.